The summed E-state index contributed by atoms with van der Waals surface area (Å²) in [6.07, 6.45) is 11.0. The van der Waals surface area contributed by atoms with Crippen LogP contribution >= 0.6 is 0 Å². The SMILES string of the molecule is CC(=O)[C@@]1(O)CCC2C3C=CC4=CC(=O)C5CC5[C@]4(C)C3CC[C@@]21C. The fourth-order valence-electron chi connectivity index (χ4n) is 7.49. The van der Waals surface area contributed by atoms with Crippen molar-refractivity contribution in [1.82, 2.24) is 0 Å². The molecule has 8 atom stereocenters. The molecule has 0 aromatic rings. The topological polar surface area (TPSA) is 54.4 Å². The van der Waals surface area contributed by atoms with Crippen molar-refractivity contribution in [3.8, 4) is 0 Å². The second-order valence-electron chi connectivity index (χ2n) is 9.79. The van der Waals surface area contributed by atoms with E-state index in [9.17, 15) is 14.7 Å². The molecule has 3 saturated carbocycles. The van der Waals surface area contributed by atoms with Crippen LogP contribution in [0.15, 0.2) is 23.8 Å². The number of hydrogen-bond donors (Lipinski definition) is 1. The van der Waals surface area contributed by atoms with Gasteiger partial charge in [0.05, 0.1) is 0 Å². The van der Waals surface area contributed by atoms with Crippen LogP contribution in [0.5, 0.6) is 0 Å². The van der Waals surface area contributed by atoms with E-state index in [2.05, 4.69) is 26.0 Å². The van der Waals surface area contributed by atoms with Gasteiger partial charge in [-0.25, -0.2) is 0 Å². The van der Waals surface area contributed by atoms with Crippen LogP contribution in [0, 0.1) is 40.4 Å². The minimum absolute atomic E-state index is 0.0620. The predicted octanol–water partition coefficient (Wildman–Crippen LogP) is 3.47. The number of hydrogen-bond acceptors (Lipinski definition) is 3. The molecule has 1 N–H and O–H groups in total. The Morgan fingerprint density at radius 3 is 2.60 bits per heavy atom. The molecule has 3 fully saturated rings. The van der Waals surface area contributed by atoms with Crippen LogP contribution in [0.1, 0.15) is 52.9 Å². The number of rotatable bonds is 1. The number of ketones is 2. The Morgan fingerprint density at radius 2 is 1.88 bits per heavy atom. The molecule has 25 heavy (non-hydrogen) atoms. The lowest BCUT2D eigenvalue weighted by Crippen LogP contribution is -2.56. The van der Waals surface area contributed by atoms with Gasteiger partial charge in [0, 0.05) is 11.3 Å². The second-order valence-corrected chi connectivity index (χ2v) is 9.79. The Balaban J connectivity index is 1.58. The fraction of sp³-hybridized carbons (Fsp3) is 0.727. The van der Waals surface area contributed by atoms with E-state index in [1.165, 1.54) is 5.57 Å². The first-order valence-electron chi connectivity index (χ1n) is 9.91. The summed E-state index contributed by atoms with van der Waals surface area (Å²) in [5.74, 6) is 2.36. The van der Waals surface area contributed by atoms with Crippen molar-refractivity contribution in [3.05, 3.63) is 23.8 Å². The molecule has 0 saturated heterocycles. The maximum atomic E-state index is 12.3. The van der Waals surface area contributed by atoms with Crippen LogP contribution in [0.25, 0.3) is 0 Å². The average Bonchev–Trinajstić information content (AvgIpc) is 3.32. The Morgan fingerprint density at radius 1 is 1.16 bits per heavy atom. The van der Waals surface area contributed by atoms with Crippen LogP contribution in [-0.2, 0) is 9.59 Å². The van der Waals surface area contributed by atoms with Gasteiger partial charge in [-0.15, -0.1) is 0 Å². The maximum Gasteiger partial charge on any atom is 0.161 e. The van der Waals surface area contributed by atoms with E-state index in [-0.39, 0.29) is 22.5 Å². The molecule has 0 heterocycles. The summed E-state index contributed by atoms with van der Waals surface area (Å²) < 4.78 is 0. The minimum atomic E-state index is -1.15. The molecule has 3 heteroatoms. The molecule has 5 rings (SSSR count). The Hall–Kier alpha value is -1.22. The normalized spacial score (nSPS) is 55.6. The van der Waals surface area contributed by atoms with E-state index in [1.54, 1.807) is 6.92 Å². The third kappa shape index (κ3) is 1.67. The summed E-state index contributed by atoms with van der Waals surface area (Å²) in [6, 6.07) is 0. The predicted molar refractivity (Wildman–Crippen MR) is 94.6 cm³/mol. The largest absolute Gasteiger partial charge is 0.382 e. The van der Waals surface area contributed by atoms with Gasteiger partial charge in [0.1, 0.15) is 5.60 Å². The van der Waals surface area contributed by atoms with Crippen molar-refractivity contribution in [2.24, 2.45) is 40.4 Å². The zero-order chi connectivity index (χ0) is 17.8. The molecule has 134 valence electrons. The van der Waals surface area contributed by atoms with Gasteiger partial charge in [-0.3, -0.25) is 9.59 Å². The summed E-state index contributed by atoms with van der Waals surface area (Å²) in [7, 11) is 0. The van der Waals surface area contributed by atoms with E-state index in [4.69, 9.17) is 0 Å². The van der Waals surface area contributed by atoms with Gasteiger partial charge in [0.25, 0.3) is 0 Å². The molecule has 5 aliphatic carbocycles. The lowest BCUT2D eigenvalue weighted by molar-refractivity contribution is -0.156. The maximum absolute atomic E-state index is 12.3. The zero-order valence-corrected chi connectivity index (χ0v) is 15.4. The van der Waals surface area contributed by atoms with E-state index in [0.717, 1.165) is 25.7 Å². The van der Waals surface area contributed by atoms with Crippen molar-refractivity contribution in [2.75, 3.05) is 0 Å². The lowest BCUT2D eigenvalue weighted by atomic mass is 9.47. The number of carbonyl (C=O) groups excluding carboxylic acids is 2. The first-order valence-corrected chi connectivity index (χ1v) is 9.91. The quantitative estimate of drug-likeness (QED) is 0.795. The van der Waals surface area contributed by atoms with Gasteiger partial charge in [0.15, 0.2) is 11.6 Å². The highest BCUT2D eigenvalue weighted by molar-refractivity contribution is 5.97. The third-order valence-corrected chi connectivity index (χ3v) is 9.18. The van der Waals surface area contributed by atoms with Crippen molar-refractivity contribution >= 4 is 11.6 Å². The molecular formula is C22H28O3. The van der Waals surface area contributed by atoms with Gasteiger partial charge in [0.2, 0.25) is 0 Å². The Labute approximate surface area is 149 Å². The second kappa shape index (κ2) is 4.54. The van der Waals surface area contributed by atoms with Crippen LogP contribution < -0.4 is 0 Å². The average molecular weight is 340 g/mol. The van der Waals surface area contributed by atoms with E-state index >= 15 is 0 Å². The summed E-state index contributed by atoms with van der Waals surface area (Å²) in [5.41, 5.74) is -0.120. The van der Waals surface area contributed by atoms with Crippen molar-refractivity contribution in [1.29, 1.82) is 0 Å². The minimum Gasteiger partial charge on any atom is -0.382 e. The first kappa shape index (κ1) is 16.0. The molecule has 0 radical (unpaired) electrons. The fourth-order valence-corrected chi connectivity index (χ4v) is 7.49. The smallest absolute Gasteiger partial charge is 0.161 e. The third-order valence-electron chi connectivity index (χ3n) is 9.18. The van der Waals surface area contributed by atoms with E-state index in [0.29, 0.717) is 35.9 Å². The first-order chi connectivity index (χ1) is 11.7. The lowest BCUT2D eigenvalue weighted by Gasteiger charge is -2.57. The molecular weight excluding hydrogens is 312 g/mol. The molecule has 5 aliphatic rings. The number of allylic oxidation sites excluding steroid dienone is 4. The molecule has 3 nitrogen and oxygen atoms in total. The highest BCUT2D eigenvalue weighted by Crippen LogP contribution is 2.70. The van der Waals surface area contributed by atoms with Gasteiger partial charge in [-0.2, -0.15) is 0 Å². The Bertz CT molecular complexity index is 748. The molecule has 0 bridgehead atoms. The highest BCUT2D eigenvalue weighted by atomic mass is 16.3. The summed E-state index contributed by atoms with van der Waals surface area (Å²) in [5, 5.41) is 11.2. The van der Waals surface area contributed by atoms with Gasteiger partial charge in [-0.1, -0.05) is 26.0 Å². The Kier molecular flexibility index (Phi) is 2.90. The molecule has 5 unspecified atom stereocenters. The number of aliphatic hydroxyl groups is 1. The molecule has 0 aliphatic heterocycles. The van der Waals surface area contributed by atoms with Crippen molar-refractivity contribution in [3.63, 3.8) is 0 Å². The molecule has 0 amide bonds. The van der Waals surface area contributed by atoms with Gasteiger partial charge < -0.3 is 5.11 Å². The zero-order valence-electron chi connectivity index (χ0n) is 15.4. The monoisotopic (exact) mass is 340 g/mol. The number of Topliss-reactive ketones (excluding diaryl/α,β-unsaturated/α-hetero) is 1. The summed E-state index contributed by atoms with van der Waals surface area (Å²) in [6.45, 7) is 6.08. The summed E-state index contributed by atoms with van der Waals surface area (Å²) >= 11 is 0. The standard InChI is InChI=1S/C22H28O3/c1-12(23)22(25)9-7-16-14-5-4-13-10-19(24)15-11-18(15)21(13,3)17(14)6-8-20(16,22)2/h4-5,10,14-18,25H,6-9,11H2,1-3H3/t14?,15?,16?,17?,18?,20-,21-,22-/m0/s1. The van der Waals surface area contributed by atoms with Crippen molar-refractivity contribution < 1.29 is 14.7 Å². The van der Waals surface area contributed by atoms with E-state index in [1.807, 2.05) is 6.08 Å². The van der Waals surface area contributed by atoms with Crippen molar-refractivity contribution in [2.45, 2.75) is 58.5 Å². The van der Waals surface area contributed by atoms with Gasteiger partial charge >= 0.3 is 0 Å². The number of fused-ring (bicyclic) bond motifs is 7. The van der Waals surface area contributed by atoms with Crippen LogP contribution in [-0.4, -0.2) is 22.3 Å². The molecule has 0 aromatic heterocycles. The van der Waals surface area contributed by atoms with Gasteiger partial charge in [-0.05, 0) is 79.8 Å². The summed E-state index contributed by atoms with van der Waals surface area (Å²) in [4.78, 5) is 24.5. The molecule has 0 spiro atoms. The van der Waals surface area contributed by atoms with Crippen LogP contribution in [0.2, 0.25) is 0 Å². The van der Waals surface area contributed by atoms with Crippen LogP contribution in [0.4, 0.5) is 0 Å². The highest BCUT2D eigenvalue weighted by Gasteiger charge is 2.68. The molecule has 0 aromatic carbocycles. The van der Waals surface area contributed by atoms with Crippen LogP contribution in [0.3, 0.4) is 0 Å². The van der Waals surface area contributed by atoms with E-state index < -0.39 is 5.60 Å². The number of carbonyl (C=O) groups is 2.